The number of carbonyl (C=O) groups is 3. The van der Waals surface area contributed by atoms with Crippen molar-refractivity contribution in [2.24, 2.45) is 0 Å². The van der Waals surface area contributed by atoms with Crippen molar-refractivity contribution >= 4 is 17.9 Å². The summed E-state index contributed by atoms with van der Waals surface area (Å²) in [6.07, 6.45) is 0.630. The van der Waals surface area contributed by atoms with Crippen molar-refractivity contribution in [2.45, 2.75) is 25.8 Å². The molecular weight excluding hydrogens is 284 g/mol. The minimum atomic E-state index is -0.562. The van der Waals surface area contributed by atoms with E-state index in [1.165, 1.54) is 4.90 Å². The van der Waals surface area contributed by atoms with Crippen LogP contribution in [0.5, 0.6) is 0 Å². The third kappa shape index (κ3) is 2.68. The van der Waals surface area contributed by atoms with Crippen molar-refractivity contribution in [3.63, 3.8) is 0 Å². The largest absolute Gasteiger partial charge is 0.439 e. The molecular formula is C16H18N2O4. The Morgan fingerprint density at radius 3 is 2.55 bits per heavy atom. The summed E-state index contributed by atoms with van der Waals surface area (Å²) in [7, 11) is 0. The van der Waals surface area contributed by atoms with Gasteiger partial charge in [-0.3, -0.25) is 9.59 Å². The second kappa shape index (κ2) is 5.79. The minimum Gasteiger partial charge on any atom is -0.439 e. The molecule has 0 spiro atoms. The van der Waals surface area contributed by atoms with E-state index in [0.29, 0.717) is 31.5 Å². The summed E-state index contributed by atoms with van der Waals surface area (Å²) < 4.78 is 4.74. The molecule has 2 saturated heterocycles. The van der Waals surface area contributed by atoms with Gasteiger partial charge in [0.2, 0.25) is 0 Å². The Balaban J connectivity index is 1.63. The number of hydrogen-bond acceptors (Lipinski definition) is 4. The number of benzene rings is 1. The molecule has 0 N–H and O–H groups in total. The summed E-state index contributed by atoms with van der Waals surface area (Å²) >= 11 is 0. The zero-order chi connectivity index (χ0) is 15.7. The molecule has 0 atom stereocenters. The Morgan fingerprint density at radius 2 is 1.95 bits per heavy atom. The molecule has 6 heteroatoms. The highest BCUT2D eigenvalue weighted by Crippen LogP contribution is 2.22. The normalized spacial score (nSPS) is 19.5. The molecule has 0 unspecified atom stereocenters. The molecule has 0 aromatic heterocycles. The average molecular weight is 302 g/mol. The maximum atomic E-state index is 12.5. The number of carbonyl (C=O) groups excluding carboxylic acids is 3. The molecule has 1 aromatic carbocycles. The van der Waals surface area contributed by atoms with Gasteiger partial charge in [0.1, 0.15) is 0 Å². The fourth-order valence-electron chi connectivity index (χ4n) is 3.00. The third-order valence-electron chi connectivity index (χ3n) is 4.17. The van der Waals surface area contributed by atoms with Gasteiger partial charge in [-0.05, 0) is 31.9 Å². The minimum absolute atomic E-state index is 0.00234. The number of piperidine rings is 1. The lowest BCUT2D eigenvalue weighted by atomic mass is 10.0. The van der Waals surface area contributed by atoms with Gasteiger partial charge in [0.05, 0.1) is 0 Å². The molecule has 116 valence electrons. The van der Waals surface area contributed by atoms with Crippen LogP contribution in [0.25, 0.3) is 0 Å². The van der Waals surface area contributed by atoms with E-state index in [-0.39, 0.29) is 24.5 Å². The molecule has 1 aromatic rings. The standard InChI is InChI=1S/C16H18N2O4/c1-11-3-2-4-12(9-11)15(20)17-7-5-13(6-8-17)18-14(19)10-22-16(18)21/h2-4,9,13H,5-8,10H2,1H3. The fourth-order valence-corrected chi connectivity index (χ4v) is 3.00. The number of likely N-dealkylation sites (tertiary alicyclic amines) is 1. The van der Waals surface area contributed by atoms with Gasteiger partial charge >= 0.3 is 6.09 Å². The van der Waals surface area contributed by atoms with E-state index in [1.807, 2.05) is 31.2 Å². The van der Waals surface area contributed by atoms with E-state index in [9.17, 15) is 14.4 Å². The second-order valence-corrected chi connectivity index (χ2v) is 5.71. The van der Waals surface area contributed by atoms with Crippen LogP contribution in [0.2, 0.25) is 0 Å². The molecule has 2 fully saturated rings. The van der Waals surface area contributed by atoms with E-state index in [4.69, 9.17) is 4.74 Å². The molecule has 0 aliphatic carbocycles. The van der Waals surface area contributed by atoms with Gasteiger partial charge in [-0.25, -0.2) is 9.69 Å². The smallest absolute Gasteiger partial charge is 0.417 e. The van der Waals surface area contributed by atoms with Crippen molar-refractivity contribution in [3.8, 4) is 0 Å². The topological polar surface area (TPSA) is 66.9 Å². The van der Waals surface area contributed by atoms with E-state index in [2.05, 4.69) is 0 Å². The van der Waals surface area contributed by atoms with Crippen LogP contribution in [0.3, 0.4) is 0 Å². The second-order valence-electron chi connectivity index (χ2n) is 5.71. The lowest BCUT2D eigenvalue weighted by Gasteiger charge is -2.34. The molecule has 6 nitrogen and oxygen atoms in total. The first-order valence-corrected chi connectivity index (χ1v) is 7.41. The van der Waals surface area contributed by atoms with Crippen LogP contribution in [0.1, 0.15) is 28.8 Å². The Morgan fingerprint density at radius 1 is 1.23 bits per heavy atom. The highest BCUT2D eigenvalue weighted by Gasteiger charge is 2.39. The number of ether oxygens (including phenoxy) is 1. The molecule has 2 aliphatic heterocycles. The van der Waals surface area contributed by atoms with Gasteiger partial charge in [0.25, 0.3) is 11.8 Å². The Kier molecular flexibility index (Phi) is 3.83. The summed E-state index contributed by atoms with van der Waals surface area (Å²) in [6, 6.07) is 7.34. The number of aryl methyl sites for hydroxylation is 1. The van der Waals surface area contributed by atoms with Gasteiger partial charge in [0.15, 0.2) is 6.61 Å². The van der Waals surface area contributed by atoms with Crippen LogP contribution in [0, 0.1) is 6.92 Å². The Bertz CT molecular complexity index is 604. The van der Waals surface area contributed by atoms with Gasteiger partial charge in [-0.2, -0.15) is 0 Å². The maximum absolute atomic E-state index is 12.5. The molecule has 2 aliphatic rings. The molecule has 3 amide bonds. The van der Waals surface area contributed by atoms with E-state index in [1.54, 1.807) is 4.90 Å². The van der Waals surface area contributed by atoms with Crippen molar-refractivity contribution in [3.05, 3.63) is 35.4 Å². The van der Waals surface area contributed by atoms with Gasteiger partial charge in [-0.1, -0.05) is 17.7 Å². The molecule has 0 saturated carbocycles. The monoisotopic (exact) mass is 302 g/mol. The van der Waals surface area contributed by atoms with Crippen LogP contribution >= 0.6 is 0 Å². The first kappa shape index (κ1) is 14.6. The number of cyclic esters (lactones) is 1. The fraction of sp³-hybridized carbons (Fsp3) is 0.438. The molecule has 22 heavy (non-hydrogen) atoms. The summed E-state index contributed by atoms with van der Waals surface area (Å²) in [5.74, 6) is -0.286. The lowest BCUT2D eigenvalue weighted by Crippen LogP contribution is -2.48. The highest BCUT2D eigenvalue weighted by molar-refractivity contribution is 5.98. The number of rotatable bonds is 2. The summed E-state index contributed by atoms with van der Waals surface area (Å²) in [5.41, 5.74) is 1.72. The lowest BCUT2D eigenvalue weighted by molar-refractivity contribution is -0.127. The van der Waals surface area contributed by atoms with E-state index >= 15 is 0 Å². The first-order chi connectivity index (χ1) is 10.6. The molecule has 3 rings (SSSR count). The summed E-state index contributed by atoms with van der Waals surface area (Å²) in [6.45, 7) is 2.86. The molecule has 2 heterocycles. The van der Waals surface area contributed by atoms with Crippen molar-refractivity contribution in [1.82, 2.24) is 9.80 Å². The predicted molar refractivity (Wildman–Crippen MR) is 78.3 cm³/mol. The number of hydrogen-bond donors (Lipinski definition) is 0. The maximum Gasteiger partial charge on any atom is 0.417 e. The first-order valence-electron chi connectivity index (χ1n) is 7.41. The van der Waals surface area contributed by atoms with Crippen LogP contribution in [-0.4, -0.2) is 53.4 Å². The van der Waals surface area contributed by atoms with Gasteiger partial charge in [0, 0.05) is 24.7 Å². The summed E-state index contributed by atoms with van der Waals surface area (Å²) in [4.78, 5) is 38.7. The molecule has 0 radical (unpaired) electrons. The van der Waals surface area contributed by atoms with Crippen LogP contribution in [-0.2, 0) is 9.53 Å². The van der Waals surface area contributed by atoms with Crippen molar-refractivity contribution < 1.29 is 19.1 Å². The highest BCUT2D eigenvalue weighted by atomic mass is 16.6. The molecule has 0 bridgehead atoms. The van der Waals surface area contributed by atoms with E-state index in [0.717, 1.165) is 5.56 Å². The van der Waals surface area contributed by atoms with Crippen molar-refractivity contribution in [2.75, 3.05) is 19.7 Å². The Hall–Kier alpha value is -2.37. The predicted octanol–water partition coefficient (Wildman–Crippen LogP) is 1.58. The van der Waals surface area contributed by atoms with E-state index < -0.39 is 6.09 Å². The summed E-state index contributed by atoms with van der Waals surface area (Å²) in [5, 5.41) is 0. The third-order valence-corrected chi connectivity index (χ3v) is 4.17. The number of nitrogens with zero attached hydrogens (tertiary/aromatic N) is 2. The zero-order valence-corrected chi connectivity index (χ0v) is 12.4. The number of amides is 3. The SMILES string of the molecule is Cc1cccc(C(=O)N2CCC(N3C(=O)COC3=O)CC2)c1. The Labute approximate surface area is 128 Å². The number of imide groups is 1. The zero-order valence-electron chi connectivity index (χ0n) is 12.4. The van der Waals surface area contributed by atoms with Gasteiger partial charge in [-0.15, -0.1) is 0 Å². The van der Waals surface area contributed by atoms with Crippen molar-refractivity contribution in [1.29, 1.82) is 0 Å². The van der Waals surface area contributed by atoms with Crippen LogP contribution in [0.4, 0.5) is 4.79 Å². The quantitative estimate of drug-likeness (QED) is 0.832. The van der Waals surface area contributed by atoms with Crippen LogP contribution < -0.4 is 0 Å². The average Bonchev–Trinajstić information content (AvgIpc) is 2.86. The van der Waals surface area contributed by atoms with Gasteiger partial charge < -0.3 is 9.64 Å². The van der Waals surface area contributed by atoms with Crippen LogP contribution in [0.15, 0.2) is 24.3 Å².